The van der Waals surface area contributed by atoms with E-state index in [0.717, 1.165) is 23.9 Å². The maximum atomic E-state index is 12.8. The number of aromatic nitrogens is 1. The van der Waals surface area contributed by atoms with E-state index in [1.165, 1.54) is 36.3 Å². The van der Waals surface area contributed by atoms with Gasteiger partial charge in [0.15, 0.2) is 4.34 Å². The van der Waals surface area contributed by atoms with Gasteiger partial charge in [-0.2, -0.15) is 4.72 Å². The number of benzene rings is 2. The number of rotatable bonds is 7. The Balaban J connectivity index is 1.86. The van der Waals surface area contributed by atoms with Gasteiger partial charge in [-0.25, -0.2) is 13.4 Å². The third kappa shape index (κ3) is 5.37. The normalized spacial score (nSPS) is 13.0. The number of ether oxygens (including phenoxy) is 1. The van der Waals surface area contributed by atoms with Crippen molar-refractivity contribution in [1.82, 2.24) is 9.71 Å². The van der Waals surface area contributed by atoms with Gasteiger partial charge in [-0.3, -0.25) is 4.79 Å². The predicted octanol–water partition coefficient (Wildman–Crippen LogP) is 4.69. The first kappa shape index (κ1) is 22.2. The van der Waals surface area contributed by atoms with Gasteiger partial charge in [-0.15, -0.1) is 11.3 Å². The highest BCUT2D eigenvalue weighted by molar-refractivity contribution is 9.10. The molecule has 0 radical (unpaired) electrons. The largest absolute Gasteiger partial charge is 0.468 e. The van der Waals surface area contributed by atoms with Crippen molar-refractivity contribution in [2.24, 2.45) is 5.92 Å². The molecule has 3 aromatic rings. The summed E-state index contributed by atoms with van der Waals surface area (Å²) in [5, 5.41) is 0. The Morgan fingerprint density at radius 1 is 1.21 bits per heavy atom. The van der Waals surface area contributed by atoms with Gasteiger partial charge in [0.25, 0.3) is 0 Å². The van der Waals surface area contributed by atoms with E-state index in [-0.39, 0.29) is 10.8 Å². The quantitative estimate of drug-likeness (QED) is 0.460. The maximum absolute atomic E-state index is 12.8. The number of nitrogens with zero attached hydrogens (tertiary/aromatic N) is 1. The number of thiazole rings is 1. The first-order valence-corrected chi connectivity index (χ1v) is 12.5. The molecule has 0 bridgehead atoms. The summed E-state index contributed by atoms with van der Waals surface area (Å²) in [5.74, 6) is -0.867. The molecular weight excluding hydrogens is 496 g/mol. The molecule has 1 heterocycles. The van der Waals surface area contributed by atoms with Crippen molar-refractivity contribution < 1.29 is 17.9 Å². The van der Waals surface area contributed by atoms with Crippen LogP contribution in [0.25, 0.3) is 10.2 Å². The Labute approximate surface area is 186 Å². The highest BCUT2D eigenvalue weighted by atomic mass is 79.9. The molecule has 3 rings (SSSR count). The zero-order valence-corrected chi connectivity index (χ0v) is 19.9. The molecule has 0 saturated heterocycles. The van der Waals surface area contributed by atoms with Gasteiger partial charge in [0, 0.05) is 9.37 Å². The number of sulfonamides is 1. The highest BCUT2D eigenvalue weighted by Crippen LogP contribution is 2.35. The second-order valence-electron chi connectivity index (χ2n) is 6.53. The number of fused-ring (bicyclic) bond motifs is 1. The lowest BCUT2D eigenvalue weighted by molar-refractivity contribution is -0.143. The summed E-state index contributed by atoms with van der Waals surface area (Å²) in [4.78, 5) is 17.6. The van der Waals surface area contributed by atoms with Gasteiger partial charge < -0.3 is 4.74 Å². The summed E-state index contributed by atoms with van der Waals surface area (Å²) in [7, 11) is -2.65. The molecule has 0 unspecified atom stereocenters. The van der Waals surface area contributed by atoms with Gasteiger partial charge in [0.2, 0.25) is 10.0 Å². The van der Waals surface area contributed by atoms with Crippen LogP contribution in [0.2, 0.25) is 0 Å². The third-order valence-corrected chi connectivity index (χ3v) is 8.13. The van der Waals surface area contributed by atoms with Crippen LogP contribution in [0.3, 0.4) is 0 Å². The summed E-state index contributed by atoms with van der Waals surface area (Å²) in [6.45, 7) is 3.50. The molecule has 10 heteroatoms. The summed E-state index contributed by atoms with van der Waals surface area (Å²) in [6.07, 6.45) is 0. The zero-order valence-electron chi connectivity index (χ0n) is 15.9. The molecule has 1 N–H and O–H groups in total. The molecule has 0 amide bonds. The number of methoxy groups -OCH3 is 1. The van der Waals surface area contributed by atoms with Gasteiger partial charge in [-0.05, 0) is 48.4 Å². The Hall–Kier alpha value is -1.46. The minimum atomic E-state index is -3.89. The number of carbonyl (C=O) groups excluding carboxylic acids is 1. The fraction of sp³-hybridized carbons (Fsp3) is 0.263. The van der Waals surface area contributed by atoms with Crippen LogP contribution in [0.1, 0.15) is 13.8 Å². The average Bonchev–Trinajstić information content (AvgIpc) is 3.08. The topological polar surface area (TPSA) is 85.4 Å². The molecule has 0 aliphatic rings. The van der Waals surface area contributed by atoms with E-state index in [0.29, 0.717) is 0 Å². The summed E-state index contributed by atoms with van der Waals surface area (Å²) in [5.41, 5.74) is 0.724. The van der Waals surface area contributed by atoms with Crippen LogP contribution in [-0.4, -0.2) is 32.5 Å². The third-order valence-electron chi connectivity index (χ3n) is 4.07. The van der Waals surface area contributed by atoms with E-state index in [9.17, 15) is 13.2 Å². The van der Waals surface area contributed by atoms with Crippen molar-refractivity contribution in [1.29, 1.82) is 0 Å². The van der Waals surface area contributed by atoms with Crippen LogP contribution in [0.5, 0.6) is 0 Å². The van der Waals surface area contributed by atoms with Crippen LogP contribution in [-0.2, 0) is 19.6 Å². The molecule has 1 aromatic heterocycles. The molecule has 29 heavy (non-hydrogen) atoms. The van der Waals surface area contributed by atoms with Gasteiger partial charge in [0.1, 0.15) is 6.04 Å². The van der Waals surface area contributed by atoms with Crippen molar-refractivity contribution in [2.75, 3.05) is 7.11 Å². The highest BCUT2D eigenvalue weighted by Gasteiger charge is 2.29. The van der Waals surface area contributed by atoms with Crippen molar-refractivity contribution >= 4 is 65.2 Å². The zero-order chi connectivity index (χ0) is 21.2. The Kier molecular flexibility index (Phi) is 7.00. The lowest BCUT2D eigenvalue weighted by Gasteiger charge is -2.19. The fourth-order valence-electron chi connectivity index (χ4n) is 2.52. The van der Waals surface area contributed by atoms with E-state index in [2.05, 4.69) is 25.6 Å². The maximum Gasteiger partial charge on any atom is 0.324 e. The number of nitrogens with one attached hydrogen (secondary N) is 1. The van der Waals surface area contributed by atoms with E-state index < -0.39 is 22.0 Å². The smallest absolute Gasteiger partial charge is 0.324 e. The standard InChI is InChI=1S/C19H19BrN2O4S3/c1-11(2)17(18(23)26-3)22-29(24,25)14-8-9-15-16(10-14)28-19(21-15)27-13-6-4-12(20)5-7-13/h4-11,17,22H,1-3H3/t17-/m1/s1. The number of halogens is 1. The number of hydrogen-bond donors (Lipinski definition) is 1. The van der Waals surface area contributed by atoms with E-state index >= 15 is 0 Å². The van der Waals surface area contributed by atoms with E-state index in [1.54, 1.807) is 26.0 Å². The molecule has 0 saturated carbocycles. The van der Waals surface area contributed by atoms with Crippen LogP contribution in [0, 0.1) is 5.92 Å². The molecule has 0 aliphatic heterocycles. The van der Waals surface area contributed by atoms with E-state index in [4.69, 9.17) is 4.74 Å². The molecule has 0 aliphatic carbocycles. The Morgan fingerprint density at radius 3 is 2.52 bits per heavy atom. The van der Waals surface area contributed by atoms with E-state index in [1.807, 2.05) is 24.3 Å². The van der Waals surface area contributed by atoms with Crippen LogP contribution in [0.15, 0.2) is 61.1 Å². The van der Waals surface area contributed by atoms with Crippen molar-refractivity contribution in [3.05, 3.63) is 46.9 Å². The van der Waals surface area contributed by atoms with Gasteiger partial charge in [0.05, 0.1) is 22.2 Å². The van der Waals surface area contributed by atoms with Crippen LogP contribution >= 0.6 is 39.0 Å². The Bertz CT molecular complexity index is 1130. The minimum absolute atomic E-state index is 0.0865. The number of esters is 1. The molecule has 0 spiro atoms. The first-order chi connectivity index (χ1) is 13.7. The monoisotopic (exact) mass is 514 g/mol. The predicted molar refractivity (Wildman–Crippen MR) is 119 cm³/mol. The second-order valence-corrected chi connectivity index (χ2v) is 11.5. The Morgan fingerprint density at radius 2 is 1.90 bits per heavy atom. The average molecular weight is 515 g/mol. The lowest BCUT2D eigenvalue weighted by atomic mass is 10.1. The van der Waals surface area contributed by atoms with Gasteiger partial charge in [-0.1, -0.05) is 41.5 Å². The van der Waals surface area contributed by atoms with Crippen molar-refractivity contribution in [3.8, 4) is 0 Å². The molecule has 6 nitrogen and oxygen atoms in total. The van der Waals surface area contributed by atoms with Crippen molar-refractivity contribution in [3.63, 3.8) is 0 Å². The SMILES string of the molecule is COC(=O)[C@H](NS(=O)(=O)c1ccc2nc(Sc3ccc(Br)cc3)sc2c1)C(C)C. The lowest BCUT2D eigenvalue weighted by Crippen LogP contribution is -2.44. The van der Waals surface area contributed by atoms with Crippen LogP contribution < -0.4 is 4.72 Å². The van der Waals surface area contributed by atoms with Crippen molar-refractivity contribution in [2.45, 2.75) is 34.0 Å². The molecule has 2 aromatic carbocycles. The molecule has 154 valence electrons. The molecular formula is C19H19BrN2O4S3. The summed E-state index contributed by atoms with van der Waals surface area (Å²) in [6, 6.07) is 11.7. The number of hydrogen-bond acceptors (Lipinski definition) is 7. The number of carbonyl (C=O) groups is 1. The minimum Gasteiger partial charge on any atom is -0.468 e. The van der Waals surface area contributed by atoms with Crippen LogP contribution in [0.4, 0.5) is 0 Å². The second kappa shape index (κ2) is 9.13. The summed E-state index contributed by atoms with van der Waals surface area (Å²) < 4.78 is 35.3. The van der Waals surface area contributed by atoms with Gasteiger partial charge >= 0.3 is 5.97 Å². The summed E-state index contributed by atoms with van der Waals surface area (Å²) >= 11 is 6.35. The fourth-order valence-corrected chi connectivity index (χ4v) is 6.29. The molecule has 1 atom stereocenters. The molecule has 0 fully saturated rings. The first-order valence-electron chi connectivity index (χ1n) is 8.64.